The van der Waals surface area contributed by atoms with E-state index in [0.717, 1.165) is 38.5 Å². The van der Waals surface area contributed by atoms with E-state index in [4.69, 9.17) is 9.47 Å². The fourth-order valence-electron chi connectivity index (χ4n) is 6.63. The first kappa shape index (κ1) is 19.9. The molecule has 0 aromatic carbocycles. The monoisotopic (exact) mass is 364 g/mol. The molecule has 0 bridgehead atoms. The minimum Gasteiger partial charge on any atom is -0.469 e. The van der Waals surface area contributed by atoms with Crippen molar-refractivity contribution in [3.05, 3.63) is 11.6 Å². The maximum absolute atomic E-state index is 12.7. The molecule has 26 heavy (non-hydrogen) atoms. The molecular formula is C22H36O4. The van der Waals surface area contributed by atoms with Gasteiger partial charge in [-0.1, -0.05) is 33.3 Å². The van der Waals surface area contributed by atoms with Gasteiger partial charge in [0.2, 0.25) is 0 Å². The van der Waals surface area contributed by atoms with Gasteiger partial charge in [-0.2, -0.15) is 0 Å². The second-order valence-corrected chi connectivity index (χ2v) is 9.61. The van der Waals surface area contributed by atoms with Crippen LogP contribution in [0.4, 0.5) is 0 Å². The Morgan fingerprint density at radius 2 is 1.92 bits per heavy atom. The fourth-order valence-corrected chi connectivity index (χ4v) is 6.63. The first-order chi connectivity index (χ1) is 12.1. The zero-order valence-electron chi connectivity index (χ0n) is 17.3. The van der Waals surface area contributed by atoms with Crippen LogP contribution in [-0.4, -0.2) is 37.0 Å². The molecule has 0 spiro atoms. The lowest BCUT2D eigenvalue weighted by Crippen LogP contribution is -2.60. The summed E-state index contributed by atoms with van der Waals surface area (Å²) in [5, 5.41) is 11.3. The van der Waals surface area contributed by atoms with E-state index in [0.29, 0.717) is 5.92 Å². The summed E-state index contributed by atoms with van der Waals surface area (Å²) in [6.07, 6.45) is 7.70. The minimum absolute atomic E-state index is 0.0559. The van der Waals surface area contributed by atoms with Crippen LogP contribution in [0.25, 0.3) is 0 Å². The molecule has 6 atom stereocenters. The second kappa shape index (κ2) is 6.63. The molecule has 1 N–H and O–H groups in total. The molecule has 0 heterocycles. The van der Waals surface area contributed by atoms with Crippen molar-refractivity contribution >= 4 is 5.97 Å². The predicted molar refractivity (Wildman–Crippen MR) is 102 cm³/mol. The van der Waals surface area contributed by atoms with Crippen molar-refractivity contribution in [2.45, 2.75) is 77.9 Å². The third kappa shape index (κ3) is 2.59. The molecule has 0 radical (unpaired) electrons. The molecule has 4 heteroatoms. The summed E-state index contributed by atoms with van der Waals surface area (Å²) in [5.74, 6) is 0.733. The van der Waals surface area contributed by atoms with E-state index in [1.807, 2.05) is 0 Å². The Morgan fingerprint density at radius 1 is 1.23 bits per heavy atom. The Bertz CT molecular complexity index is 597. The zero-order valence-corrected chi connectivity index (χ0v) is 17.3. The average molecular weight is 365 g/mol. The van der Waals surface area contributed by atoms with Crippen LogP contribution >= 0.6 is 0 Å². The lowest BCUT2D eigenvalue weighted by Gasteiger charge is -2.60. The first-order valence-electron chi connectivity index (χ1n) is 10.2. The summed E-state index contributed by atoms with van der Waals surface area (Å²) in [6.45, 7) is 8.62. The zero-order chi connectivity index (χ0) is 19.3. The molecule has 3 aliphatic carbocycles. The number of fused-ring (bicyclic) bond motifs is 3. The topological polar surface area (TPSA) is 55.8 Å². The van der Waals surface area contributed by atoms with Gasteiger partial charge in [-0.25, -0.2) is 0 Å². The van der Waals surface area contributed by atoms with Crippen molar-refractivity contribution in [2.24, 2.45) is 28.6 Å². The Labute approximate surface area is 158 Å². The van der Waals surface area contributed by atoms with E-state index >= 15 is 0 Å². The number of carbonyl (C=O) groups excluding carboxylic acids is 1. The van der Waals surface area contributed by atoms with E-state index in [9.17, 15) is 9.90 Å². The normalized spacial score (nSPS) is 45.5. The van der Waals surface area contributed by atoms with Crippen LogP contribution in [-0.2, 0) is 14.3 Å². The number of esters is 1. The smallest absolute Gasteiger partial charge is 0.311 e. The lowest BCUT2D eigenvalue weighted by atomic mass is 9.45. The van der Waals surface area contributed by atoms with E-state index < -0.39 is 11.0 Å². The quantitative estimate of drug-likeness (QED) is 0.605. The van der Waals surface area contributed by atoms with Gasteiger partial charge in [0.05, 0.1) is 18.1 Å². The highest BCUT2D eigenvalue weighted by Crippen LogP contribution is 2.63. The maximum atomic E-state index is 12.7. The van der Waals surface area contributed by atoms with Crippen molar-refractivity contribution in [1.29, 1.82) is 0 Å². The van der Waals surface area contributed by atoms with E-state index in [2.05, 4.69) is 33.8 Å². The largest absolute Gasteiger partial charge is 0.469 e. The van der Waals surface area contributed by atoms with Gasteiger partial charge < -0.3 is 14.6 Å². The van der Waals surface area contributed by atoms with Crippen LogP contribution in [0.1, 0.15) is 66.2 Å². The van der Waals surface area contributed by atoms with E-state index in [-0.39, 0.29) is 29.3 Å². The van der Waals surface area contributed by atoms with Gasteiger partial charge in [0.25, 0.3) is 0 Å². The first-order valence-corrected chi connectivity index (χ1v) is 10.2. The Kier molecular flexibility index (Phi) is 5.07. The van der Waals surface area contributed by atoms with Gasteiger partial charge in [-0.3, -0.25) is 4.79 Å². The van der Waals surface area contributed by atoms with Gasteiger partial charge in [-0.05, 0) is 67.8 Å². The third-order valence-electron chi connectivity index (χ3n) is 8.24. The molecule has 4 nitrogen and oxygen atoms in total. The summed E-state index contributed by atoms with van der Waals surface area (Å²) in [5.41, 5.74) is 0.0989. The molecule has 2 fully saturated rings. The van der Waals surface area contributed by atoms with Crippen LogP contribution in [0.3, 0.4) is 0 Å². The van der Waals surface area contributed by atoms with Crippen LogP contribution in [0.15, 0.2) is 11.6 Å². The average Bonchev–Trinajstić information content (AvgIpc) is 2.60. The van der Waals surface area contributed by atoms with Crippen LogP contribution in [0.2, 0.25) is 0 Å². The molecule has 3 aliphatic rings. The highest BCUT2D eigenvalue weighted by Gasteiger charge is 2.61. The summed E-state index contributed by atoms with van der Waals surface area (Å²) in [4.78, 5) is 12.7. The number of ether oxygens (including phenoxy) is 2. The molecule has 2 unspecified atom stereocenters. The minimum atomic E-state index is -0.805. The van der Waals surface area contributed by atoms with Gasteiger partial charge in [-0.15, -0.1) is 0 Å². The van der Waals surface area contributed by atoms with Crippen LogP contribution in [0.5, 0.6) is 0 Å². The summed E-state index contributed by atoms with van der Waals surface area (Å²) >= 11 is 0. The molecule has 0 amide bonds. The number of hydrogen-bond acceptors (Lipinski definition) is 4. The molecule has 148 valence electrons. The van der Waals surface area contributed by atoms with Gasteiger partial charge in [0, 0.05) is 7.11 Å². The van der Waals surface area contributed by atoms with Crippen molar-refractivity contribution in [3.63, 3.8) is 0 Å². The number of methoxy groups -OCH3 is 2. The Balaban J connectivity index is 2.03. The standard InChI is InChI=1S/C22H36O4/c1-14(2)22(24)13-10-16-15(18(22)25-5)8-9-17-20(16,3)11-7-12-21(17,4)19(23)26-6/h8,14,16-18,24H,7,9-13H2,1-6H3/t16?,17?,18-,20-,21-,22-/m1/s1. The Hall–Kier alpha value is -0.870. The van der Waals surface area contributed by atoms with Gasteiger partial charge >= 0.3 is 5.97 Å². The molecule has 0 saturated heterocycles. The predicted octanol–water partition coefficient (Wildman–Crippen LogP) is 4.11. The van der Waals surface area contributed by atoms with Crippen molar-refractivity contribution in [2.75, 3.05) is 14.2 Å². The number of hydrogen-bond donors (Lipinski definition) is 1. The van der Waals surface area contributed by atoms with E-state index in [1.54, 1.807) is 7.11 Å². The number of aliphatic hydroxyl groups is 1. The highest BCUT2D eigenvalue weighted by molar-refractivity contribution is 5.77. The van der Waals surface area contributed by atoms with Crippen LogP contribution < -0.4 is 0 Å². The van der Waals surface area contributed by atoms with Gasteiger partial charge in [0.15, 0.2) is 0 Å². The van der Waals surface area contributed by atoms with Crippen LogP contribution in [0, 0.1) is 28.6 Å². The molecule has 3 rings (SSSR count). The van der Waals surface area contributed by atoms with Gasteiger partial charge in [0.1, 0.15) is 6.10 Å². The lowest BCUT2D eigenvalue weighted by molar-refractivity contribution is -0.173. The maximum Gasteiger partial charge on any atom is 0.311 e. The summed E-state index contributed by atoms with van der Waals surface area (Å²) in [6, 6.07) is 0. The Morgan fingerprint density at radius 3 is 2.50 bits per heavy atom. The van der Waals surface area contributed by atoms with E-state index in [1.165, 1.54) is 12.7 Å². The van der Waals surface area contributed by atoms with Crippen molar-refractivity contribution in [1.82, 2.24) is 0 Å². The van der Waals surface area contributed by atoms with Crippen molar-refractivity contribution in [3.8, 4) is 0 Å². The molecule has 0 aliphatic heterocycles. The molecule has 2 saturated carbocycles. The molecule has 0 aromatic heterocycles. The highest BCUT2D eigenvalue weighted by atomic mass is 16.5. The van der Waals surface area contributed by atoms with Crippen molar-refractivity contribution < 1.29 is 19.4 Å². The number of carbonyl (C=O) groups is 1. The number of rotatable bonds is 3. The number of allylic oxidation sites excluding steroid dienone is 1. The summed E-state index contributed by atoms with van der Waals surface area (Å²) in [7, 11) is 3.23. The fraction of sp³-hybridized carbons (Fsp3) is 0.864. The second-order valence-electron chi connectivity index (χ2n) is 9.61. The third-order valence-corrected chi connectivity index (χ3v) is 8.24. The SMILES string of the molecule is COC(=O)[C@]1(C)CCC[C@]2(C)C3CC[C@@](O)(C(C)C)[C@H](OC)C3=CCC21. The summed E-state index contributed by atoms with van der Waals surface area (Å²) < 4.78 is 11.1. The molecular weight excluding hydrogens is 328 g/mol. The molecule has 0 aromatic rings.